The molecule has 1 saturated heterocycles. The molecule has 0 radical (unpaired) electrons. The van der Waals surface area contributed by atoms with Gasteiger partial charge in [0, 0.05) is 11.8 Å². The maximum atomic E-state index is 9.20. The largest absolute Gasteiger partial charge is 0.390 e. The molecule has 1 fully saturated rings. The minimum absolute atomic E-state index is 0.0139. The van der Waals surface area contributed by atoms with Gasteiger partial charge in [0.15, 0.2) is 0 Å². The number of ether oxygens (including phenoxy) is 1. The Bertz CT molecular complexity index is 97.1. The van der Waals surface area contributed by atoms with E-state index in [0.29, 0.717) is 0 Å². The van der Waals surface area contributed by atoms with Crippen molar-refractivity contribution in [1.82, 2.24) is 0 Å². The van der Waals surface area contributed by atoms with Crippen molar-refractivity contribution in [2.45, 2.75) is 31.7 Å². The van der Waals surface area contributed by atoms with Gasteiger partial charge in [0.05, 0.1) is 18.3 Å². The van der Waals surface area contributed by atoms with E-state index < -0.39 is 0 Å². The van der Waals surface area contributed by atoms with Crippen molar-refractivity contribution in [2.75, 3.05) is 5.33 Å². The van der Waals surface area contributed by atoms with Crippen LogP contribution in [0.5, 0.6) is 0 Å². The molecule has 0 aromatic rings. The normalized spacial score (nSPS) is 43.7. The molecule has 0 aliphatic carbocycles. The molecule has 1 N–H and O–H groups in total. The van der Waals surface area contributed by atoms with Gasteiger partial charge in [-0.3, -0.25) is 0 Å². The van der Waals surface area contributed by atoms with Gasteiger partial charge in [-0.2, -0.15) is 0 Å². The predicted octanol–water partition coefficient (Wildman–Crippen LogP) is 0.920. The number of aliphatic hydroxyl groups is 1. The highest BCUT2D eigenvalue weighted by molar-refractivity contribution is 9.09. The first-order valence-corrected chi connectivity index (χ1v) is 4.25. The second-order valence-corrected chi connectivity index (χ2v) is 3.09. The van der Waals surface area contributed by atoms with E-state index in [9.17, 15) is 5.11 Å². The van der Waals surface area contributed by atoms with Crippen molar-refractivity contribution in [3.05, 3.63) is 0 Å². The van der Waals surface area contributed by atoms with Gasteiger partial charge in [0.2, 0.25) is 0 Å². The minimum Gasteiger partial charge on any atom is -0.390 e. The Morgan fingerprint density at radius 3 is 2.67 bits per heavy atom. The van der Waals surface area contributed by atoms with Crippen molar-refractivity contribution < 1.29 is 9.84 Å². The van der Waals surface area contributed by atoms with Gasteiger partial charge < -0.3 is 9.84 Å². The zero-order chi connectivity index (χ0) is 6.85. The topological polar surface area (TPSA) is 29.5 Å². The molecule has 2 nitrogen and oxygen atoms in total. The molecule has 3 unspecified atom stereocenters. The Morgan fingerprint density at radius 2 is 2.44 bits per heavy atom. The van der Waals surface area contributed by atoms with E-state index >= 15 is 0 Å². The summed E-state index contributed by atoms with van der Waals surface area (Å²) >= 11 is 3.26. The molecule has 1 aliphatic heterocycles. The van der Waals surface area contributed by atoms with Gasteiger partial charge in [0.25, 0.3) is 0 Å². The van der Waals surface area contributed by atoms with Crippen LogP contribution in [0.25, 0.3) is 0 Å². The summed E-state index contributed by atoms with van der Waals surface area (Å²) in [6.07, 6.45) is 0.748. The minimum atomic E-state index is -0.264. The summed E-state index contributed by atoms with van der Waals surface area (Å²) in [5, 5.41) is 9.94. The number of aliphatic hydroxyl groups excluding tert-OH is 1. The Balaban J connectivity index is 2.38. The second kappa shape index (κ2) is 2.99. The second-order valence-electron chi connectivity index (χ2n) is 2.44. The summed E-state index contributed by atoms with van der Waals surface area (Å²) in [5.74, 6) is 0. The summed E-state index contributed by atoms with van der Waals surface area (Å²) in [6.45, 7) is 1.98. The fourth-order valence-electron chi connectivity index (χ4n) is 1.08. The predicted molar refractivity (Wildman–Crippen MR) is 38.8 cm³/mol. The van der Waals surface area contributed by atoms with Crippen LogP contribution in [0.4, 0.5) is 0 Å². The fraction of sp³-hybridized carbons (Fsp3) is 1.00. The molecule has 9 heavy (non-hydrogen) atoms. The van der Waals surface area contributed by atoms with E-state index in [0.717, 1.165) is 11.8 Å². The third-order valence-electron chi connectivity index (χ3n) is 1.56. The lowest BCUT2D eigenvalue weighted by atomic mass is 10.2. The van der Waals surface area contributed by atoms with Crippen molar-refractivity contribution in [1.29, 1.82) is 0 Å². The molecular formula is C6H11BrO2. The standard InChI is InChI=1S/C6H11BrO2/c1-4-2-5(8)6(3-7)9-4/h4-6,8H,2-3H2,1H3. The fourth-order valence-corrected chi connectivity index (χ4v) is 1.66. The highest BCUT2D eigenvalue weighted by Crippen LogP contribution is 2.20. The molecule has 0 spiro atoms. The van der Waals surface area contributed by atoms with E-state index in [1.165, 1.54) is 0 Å². The van der Waals surface area contributed by atoms with Crippen LogP contribution in [0.3, 0.4) is 0 Å². The average Bonchev–Trinajstić information content (AvgIpc) is 2.10. The van der Waals surface area contributed by atoms with Crippen LogP contribution < -0.4 is 0 Å². The van der Waals surface area contributed by atoms with E-state index in [1.54, 1.807) is 0 Å². The number of hydrogen-bond donors (Lipinski definition) is 1. The molecule has 3 heteroatoms. The lowest BCUT2D eigenvalue weighted by Gasteiger charge is -2.08. The average molecular weight is 195 g/mol. The molecule has 1 rings (SSSR count). The maximum Gasteiger partial charge on any atom is 0.0934 e. The van der Waals surface area contributed by atoms with Crippen molar-refractivity contribution in [2.24, 2.45) is 0 Å². The van der Waals surface area contributed by atoms with Gasteiger partial charge >= 0.3 is 0 Å². The highest BCUT2D eigenvalue weighted by Gasteiger charge is 2.29. The quantitative estimate of drug-likeness (QED) is 0.630. The smallest absolute Gasteiger partial charge is 0.0934 e. The van der Waals surface area contributed by atoms with Gasteiger partial charge in [-0.15, -0.1) is 0 Å². The molecule has 3 atom stereocenters. The van der Waals surface area contributed by atoms with Crippen LogP contribution in [-0.4, -0.2) is 28.7 Å². The van der Waals surface area contributed by atoms with Crippen molar-refractivity contribution in [3.63, 3.8) is 0 Å². The third kappa shape index (κ3) is 1.66. The molecule has 0 saturated carbocycles. The van der Waals surface area contributed by atoms with E-state index in [2.05, 4.69) is 15.9 Å². The number of alkyl halides is 1. The van der Waals surface area contributed by atoms with Crippen molar-refractivity contribution >= 4 is 15.9 Å². The molecule has 54 valence electrons. The van der Waals surface area contributed by atoms with E-state index in [4.69, 9.17) is 4.74 Å². The van der Waals surface area contributed by atoms with Crippen LogP contribution in [0, 0.1) is 0 Å². The third-order valence-corrected chi connectivity index (χ3v) is 2.20. The van der Waals surface area contributed by atoms with E-state index in [-0.39, 0.29) is 18.3 Å². The van der Waals surface area contributed by atoms with Crippen LogP contribution >= 0.6 is 15.9 Å². The lowest BCUT2D eigenvalue weighted by Crippen LogP contribution is -2.21. The maximum absolute atomic E-state index is 9.20. The van der Waals surface area contributed by atoms with Gasteiger partial charge in [0.1, 0.15) is 0 Å². The zero-order valence-corrected chi connectivity index (χ0v) is 6.97. The molecule has 1 heterocycles. The number of halogens is 1. The molecule has 0 aromatic carbocycles. The SMILES string of the molecule is CC1CC(O)C(CBr)O1. The first-order chi connectivity index (χ1) is 4.24. The molecular weight excluding hydrogens is 184 g/mol. The number of rotatable bonds is 1. The lowest BCUT2D eigenvalue weighted by molar-refractivity contribution is 0.0325. The van der Waals surface area contributed by atoms with Crippen LogP contribution in [0.2, 0.25) is 0 Å². The molecule has 0 aromatic heterocycles. The molecule has 0 amide bonds. The Hall–Kier alpha value is 0.400. The first kappa shape index (κ1) is 7.51. The number of hydrogen-bond acceptors (Lipinski definition) is 2. The van der Waals surface area contributed by atoms with E-state index in [1.807, 2.05) is 6.92 Å². The van der Waals surface area contributed by atoms with Gasteiger partial charge in [-0.1, -0.05) is 15.9 Å². The van der Waals surface area contributed by atoms with Gasteiger partial charge in [-0.25, -0.2) is 0 Å². The monoisotopic (exact) mass is 194 g/mol. The Morgan fingerprint density at radius 1 is 1.78 bits per heavy atom. The summed E-state index contributed by atoms with van der Waals surface area (Å²) in [5.41, 5.74) is 0. The van der Waals surface area contributed by atoms with Gasteiger partial charge in [-0.05, 0) is 6.92 Å². The summed E-state index contributed by atoms with van der Waals surface area (Å²) in [7, 11) is 0. The molecule has 0 bridgehead atoms. The zero-order valence-electron chi connectivity index (χ0n) is 5.38. The summed E-state index contributed by atoms with van der Waals surface area (Å²) < 4.78 is 5.33. The van der Waals surface area contributed by atoms with Crippen LogP contribution in [0.15, 0.2) is 0 Å². The molecule has 1 aliphatic rings. The summed E-state index contributed by atoms with van der Waals surface area (Å²) in [4.78, 5) is 0. The Kier molecular flexibility index (Phi) is 2.50. The highest BCUT2D eigenvalue weighted by atomic mass is 79.9. The summed E-state index contributed by atoms with van der Waals surface area (Å²) in [6, 6.07) is 0. The Labute approximate surface area is 63.3 Å². The van der Waals surface area contributed by atoms with Crippen LogP contribution in [-0.2, 0) is 4.74 Å². The van der Waals surface area contributed by atoms with Crippen LogP contribution in [0.1, 0.15) is 13.3 Å². The first-order valence-electron chi connectivity index (χ1n) is 3.13. The van der Waals surface area contributed by atoms with Crippen molar-refractivity contribution in [3.8, 4) is 0 Å².